The molecule has 0 spiro atoms. The number of carbonyl (C=O) groups excluding carboxylic acids is 1. The van der Waals surface area contributed by atoms with E-state index in [2.05, 4.69) is 23.9 Å². The summed E-state index contributed by atoms with van der Waals surface area (Å²) in [4.78, 5) is 43.8. The van der Waals surface area contributed by atoms with E-state index in [1.807, 2.05) is 0 Å². The number of fused-ring (bicyclic) bond motifs is 1. The number of nitrogens with zero attached hydrogens (tertiary/aromatic N) is 7. The van der Waals surface area contributed by atoms with E-state index in [9.17, 15) is 14.4 Å². The number of hydrogen-bond acceptors (Lipinski definition) is 6. The SMILES string of the molecule is CC(C)CCn1c(OC2CN(C(=O)c3cnn(C)c3)C2)nc2c1c(=O)n(C)c(=O)n2C. The zero-order chi connectivity index (χ0) is 22.4. The molecule has 3 aromatic heterocycles. The van der Waals surface area contributed by atoms with E-state index in [0.717, 1.165) is 11.0 Å². The van der Waals surface area contributed by atoms with Crippen molar-refractivity contribution in [2.75, 3.05) is 13.1 Å². The van der Waals surface area contributed by atoms with Crippen molar-refractivity contribution < 1.29 is 9.53 Å². The smallest absolute Gasteiger partial charge is 0.332 e. The van der Waals surface area contributed by atoms with Gasteiger partial charge in [0.25, 0.3) is 17.5 Å². The largest absolute Gasteiger partial charge is 0.458 e. The summed E-state index contributed by atoms with van der Waals surface area (Å²) in [5.74, 6) is 0.315. The second-order valence-corrected chi connectivity index (χ2v) is 8.46. The average molecular weight is 429 g/mol. The first-order valence-electron chi connectivity index (χ1n) is 10.3. The lowest BCUT2D eigenvalue weighted by Crippen LogP contribution is -2.56. The Morgan fingerprint density at radius 2 is 1.90 bits per heavy atom. The molecule has 11 heteroatoms. The average Bonchev–Trinajstić information content (AvgIpc) is 3.28. The Morgan fingerprint density at radius 1 is 1.19 bits per heavy atom. The van der Waals surface area contributed by atoms with Crippen molar-refractivity contribution >= 4 is 17.1 Å². The van der Waals surface area contributed by atoms with Gasteiger partial charge in [-0.15, -0.1) is 0 Å². The van der Waals surface area contributed by atoms with Gasteiger partial charge in [0.15, 0.2) is 11.2 Å². The van der Waals surface area contributed by atoms with Crippen LogP contribution in [0.4, 0.5) is 0 Å². The van der Waals surface area contributed by atoms with Crippen LogP contribution >= 0.6 is 0 Å². The Kier molecular flexibility index (Phi) is 5.19. The predicted octanol–water partition coefficient (Wildman–Crippen LogP) is 0.117. The van der Waals surface area contributed by atoms with Gasteiger partial charge < -0.3 is 9.64 Å². The molecule has 0 aromatic carbocycles. The minimum atomic E-state index is -0.436. The first kappa shape index (κ1) is 20.9. The second-order valence-electron chi connectivity index (χ2n) is 8.46. The molecule has 1 saturated heterocycles. The van der Waals surface area contributed by atoms with Crippen molar-refractivity contribution in [3.63, 3.8) is 0 Å². The molecule has 0 N–H and O–H groups in total. The molecule has 3 aromatic rings. The Hall–Kier alpha value is -3.37. The van der Waals surface area contributed by atoms with E-state index in [-0.39, 0.29) is 12.0 Å². The summed E-state index contributed by atoms with van der Waals surface area (Å²) in [6.45, 7) is 5.57. The molecule has 0 atom stereocenters. The zero-order valence-corrected chi connectivity index (χ0v) is 18.4. The first-order chi connectivity index (χ1) is 14.7. The molecule has 1 fully saturated rings. The third-order valence-electron chi connectivity index (χ3n) is 5.60. The number of aryl methyl sites for hydroxylation is 3. The van der Waals surface area contributed by atoms with Crippen molar-refractivity contribution in [3.05, 3.63) is 38.8 Å². The number of hydrogen-bond donors (Lipinski definition) is 0. The van der Waals surface area contributed by atoms with E-state index in [4.69, 9.17) is 4.74 Å². The van der Waals surface area contributed by atoms with E-state index in [0.29, 0.717) is 48.3 Å². The number of carbonyl (C=O) groups is 1. The highest BCUT2D eigenvalue weighted by atomic mass is 16.5. The number of likely N-dealkylation sites (tertiary alicyclic amines) is 1. The maximum absolute atomic E-state index is 12.8. The van der Waals surface area contributed by atoms with Crippen molar-refractivity contribution in [1.29, 1.82) is 0 Å². The lowest BCUT2D eigenvalue weighted by molar-refractivity contribution is 0.0126. The molecule has 166 valence electrons. The molecule has 1 aliphatic rings. The van der Waals surface area contributed by atoms with Crippen LogP contribution in [-0.2, 0) is 27.7 Å². The van der Waals surface area contributed by atoms with Gasteiger partial charge in [0, 0.05) is 33.9 Å². The lowest BCUT2D eigenvalue weighted by atomic mass is 10.1. The molecule has 1 aliphatic heterocycles. The van der Waals surface area contributed by atoms with Crippen LogP contribution in [0.3, 0.4) is 0 Å². The highest BCUT2D eigenvalue weighted by molar-refractivity contribution is 5.94. The predicted molar refractivity (Wildman–Crippen MR) is 113 cm³/mol. The van der Waals surface area contributed by atoms with Crippen LogP contribution in [0.1, 0.15) is 30.6 Å². The van der Waals surface area contributed by atoms with Gasteiger partial charge in [-0.1, -0.05) is 13.8 Å². The van der Waals surface area contributed by atoms with Crippen molar-refractivity contribution in [2.24, 2.45) is 27.1 Å². The standard InChI is InChI=1S/C20H27N7O4/c1-12(2)6-7-27-15-16(24(4)20(30)25(5)18(15)29)22-19(27)31-14-10-26(11-14)17(28)13-8-21-23(3)9-13/h8-9,12,14H,6-7,10-11H2,1-5H3. The van der Waals surface area contributed by atoms with Crippen LogP contribution in [0, 0.1) is 5.92 Å². The third kappa shape index (κ3) is 3.64. The van der Waals surface area contributed by atoms with Crippen molar-refractivity contribution in [2.45, 2.75) is 32.9 Å². The summed E-state index contributed by atoms with van der Waals surface area (Å²) in [5, 5.41) is 4.03. The van der Waals surface area contributed by atoms with Gasteiger partial charge in [0.05, 0.1) is 24.8 Å². The maximum atomic E-state index is 12.8. The van der Waals surface area contributed by atoms with E-state index < -0.39 is 11.2 Å². The van der Waals surface area contributed by atoms with Crippen molar-refractivity contribution in [3.8, 4) is 6.01 Å². The normalized spacial score (nSPS) is 14.5. The molecule has 0 saturated carbocycles. The molecule has 1 amide bonds. The third-order valence-corrected chi connectivity index (χ3v) is 5.60. The molecule has 11 nitrogen and oxygen atoms in total. The molecule has 31 heavy (non-hydrogen) atoms. The first-order valence-corrected chi connectivity index (χ1v) is 10.3. The van der Waals surface area contributed by atoms with Crippen LogP contribution in [-0.4, -0.2) is 58.5 Å². The number of ether oxygens (including phenoxy) is 1. The summed E-state index contributed by atoms with van der Waals surface area (Å²) in [5.41, 5.74) is 0.349. The van der Waals surface area contributed by atoms with Crippen molar-refractivity contribution in [1.82, 2.24) is 33.4 Å². The molecule has 4 heterocycles. The van der Waals surface area contributed by atoms with Crippen LogP contribution in [0.2, 0.25) is 0 Å². The van der Waals surface area contributed by atoms with E-state index in [1.165, 1.54) is 17.8 Å². The summed E-state index contributed by atoms with van der Waals surface area (Å²) >= 11 is 0. The van der Waals surface area contributed by atoms with Crippen LogP contribution in [0.5, 0.6) is 6.01 Å². The fourth-order valence-corrected chi connectivity index (χ4v) is 3.65. The minimum absolute atomic E-state index is 0.0995. The minimum Gasteiger partial charge on any atom is -0.458 e. The van der Waals surface area contributed by atoms with Gasteiger partial charge in [0.1, 0.15) is 6.10 Å². The van der Waals surface area contributed by atoms with Gasteiger partial charge >= 0.3 is 5.69 Å². The Labute approximate surface area is 178 Å². The Morgan fingerprint density at radius 3 is 2.52 bits per heavy atom. The highest BCUT2D eigenvalue weighted by Crippen LogP contribution is 2.23. The van der Waals surface area contributed by atoms with E-state index in [1.54, 1.807) is 34.4 Å². The Balaban J connectivity index is 1.60. The number of rotatable bonds is 6. The Bertz CT molecular complexity index is 1260. The molecular weight excluding hydrogens is 402 g/mol. The molecule has 0 unspecified atom stereocenters. The van der Waals surface area contributed by atoms with Gasteiger partial charge in [-0.3, -0.25) is 28.0 Å². The molecule has 4 rings (SSSR count). The number of aromatic nitrogens is 6. The van der Waals surface area contributed by atoms with Gasteiger partial charge in [0.2, 0.25) is 0 Å². The van der Waals surface area contributed by atoms with Gasteiger partial charge in [-0.2, -0.15) is 10.1 Å². The molecule has 0 bridgehead atoms. The van der Waals surface area contributed by atoms with Gasteiger partial charge in [-0.25, -0.2) is 4.79 Å². The van der Waals surface area contributed by atoms with Crippen LogP contribution < -0.4 is 16.0 Å². The fourth-order valence-electron chi connectivity index (χ4n) is 3.65. The summed E-state index contributed by atoms with van der Waals surface area (Å²) < 4.78 is 11.9. The van der Waals surface area contributed by atoms with Gasteiger partial charge in [-0.05, 0) is 12.3 Å². The van der Waals surface area contributed by atoms with Crippen LogP contribution in [0.15, 0.2) is 22.0 Å². The summed E-state index contributed by atoms with van der Waals surface area (Å²) in [6.07, 6.45) is 3.80. The topological polar surface area (TPSA) is 109 Å². The quantitative estimate of drug-likeness (QED) is 0.551. The molecule has 0 radical (unpaired) electrons. The maximum Gasteiger partial charge on any atom is 0.332 e. The summed E-state index contributed by atoms with van der Waals surface area (Å²) in [6, 6.07) is 0.299. The number of imidazole rings is 1. The summed E-state index contributed by atoms with van der Waals surface area (Å²) in [7, 11) is 4.81. The number of amides is 1. The van der Waals surface area contributed by atoms with E-state index >= 15 is 0 Å². The highest BCUT2D eigenvalue weighted by Gasteiger charge is 2.35. The molecule has 0 aliphatic carbocycles. The monoisotopic (exact) mass is 429 g/mol. The van der Waals surface area contributed by atoms with Crippen LogP contribution in [0.25, 0.3) is 11.2 Å². The fraction of sp³-hybridized carbons (Fsp3) is 0.550. The molecular formula is C20H27N7O4. The lowest BCUT2D eigenvalue weighted by Gasteiger charge is -2.38. The second kappa shape index (κ2) is 7.71. The zero-order valence-electron chi connectivity index (χ0n) is 18.4.